The van der Waals surface area contributed by atoms with Crippen LogP contribution in [0.2, 0.25) is 0 Å². The zero-order chi connectivity index (χ0) is 12.3. The molecule has 2 rings (SSSR count). The smallest absolute Gasteiger partial charge is 0.112 e. The lowest BCUT2D eigenvalue weighted by Gasteiger charge is -2.05. The van der Waals surface area contributed by atoms with Crippen LogP contribution in [0, 0.1) is 13.8 Å². The quantitative estimate of drug-likeness (QED) is 0.884. The van der Waals surface area contributed by atoms with Crippen LogP contribution in [0.4, 0.5) is 5.69 Å². The van der Waals surface area contributed by atoms with Crippen LogP contribution in [0.25, 0.3) is 0 Å². The van der Waals surface area contributed by atoms with Gasteiger partial charge in [-0.1, -0.05) is 19.1 Å². The van der Waals surface area contributed by atoms with E-state index in [-0.39, 0.29) is 0 Å². The summed E-state index contributed by atoms with van der Waals surface area (Å²) < 4.78 is 0. The Labute approximate surface area is 107 Å². The van der Waals surface area contributed by atoms with Crippen molar-refractivity contribution in [1.82, 2.24) is 4.98 Å². The predicted molar refractivity (Wildman–Crippen MR) is 74.7 cm³/mol. The third-order valence-electron chi connectivity index (χ3n) is 2.85. The Morgan fingerprint density at radius 2 is 2.12 bits per heavy atom. The van der Waals surface area contributed by atoms with Crippen molar-refractivity contribution in [2.75, 3.05) is 5.32 Å². The zero-order valence-corrected chi connectivity index (χ0v) is 11.4. The van der Waals surface area contributed by atoms with E-state index < -0.39 is 0 Å². The number of hydrogen-bond donors (Lipinski definition) is 1. The van der Waals surface area contributed by atoms with Crippen LogP contribution in [0.3, 0.4) is 0 Å². The molecule has 0 atom stereocenters. The average molecular weight is 246 g/mol. The van der Waals surface area contributed by atoms with Gasteiger partial charge in [0.15, 0.2) is 0 Å². The van der Waals surface area contributed by atoms with Gasteiger partial charge < -0.3 is 5.32 Å². The molecule has 0 saturated carbocycles. The number of aryl methyl sites for hydroxylation is 3. The molecule has 0 radical (unpaired) electrons. The van der Waals surface area contributed by atoms with Gasteiger partial charge in [-0.25, -0.2) is 4.98 Å². The molecule has 0 spiro atoms. The van der Waals surface area contributed by atoms with Crippen LogP contribution >= 0.6 is 11.3 Å². The molecule has 0 fully saturated rings. The molecule has 1 aromatic carbocycles. The lowest BCUT2D eigenvalue weighted by atomic mass is 10.1. The van der Waals surface area contributed by atoms with Crippen molar-refractivity contribution in [2.24, 2.45) is 0 Å². The topological polar surface area (TPSA) is 24.9 Å². The molecular weight excluding hydrogens is 228 g/mol. The minimum Gasteiger partial charge on any atom is -0.379 e. The summed E-state index contributed by atoms with van der Waals surface area (Å²) >= 11 is 1.77. The second-order valence-electron chi connectivity index (χ2n) is 4.16. The molecule has 0 saturated heterocycles. The maximum absolute atomic E-state index is 4.52. The van der Waals surface area contributed by atoms with E-state index in [0.29, 0.717) is 0 Å². The summed E-state index contributed by atoms with van der Waals surface area (Å²) in [6, 6.07) is 8.56. The van der Waals surface area contributed by atoms with Gasteiger partial charge in [0, 0.05) is 10.6 Å². The molecule has 1 N–H and O–H groups in total. The van der Waals surface area contributed by atoms with Gasteiger partial charge in [0.05, 0.1) is 12.2 Å². The Morgan fingerprint density at radius 1 is 1.29 bits per heavy atom. The summed E-state index contributed by atoms with van der Waals surface area (Å²) in [7, 11) is 0. The number of thiazole rings is 1. The highest BCUT2D eigenvalue weighted by Crippen LogP contribution is 2.18. The van der Waals surface area contributed by atoms with E-state index in [1.54, 1.807) is 11.3 Å². The van der Waals surface area contributed by atoms with Gasteiger partial charge in [-0.2, -0.15) is 0 Å². The molecule has 1 aromatic heterocycles. The molecule has 3 heteroatoms. The summed E-state index contributed by atoms with van der Waals surface area (Å²) in [6.45, 7) is 7.17. The van der Waals surface area contributed by atoms with Crippen molar-refractivity contribution in [2.45, 2.75) is 33.7 Å². The maximum atomic E-state index is 4.52. The van der Waals surface area contributed by atoms with E-state index in [0.717, 1.165) is 23.7 Å². The van der Waals surface area contributed by atoms with E-state index in [1.165, 1.54) is 16.1 Å². The van der Waals surface area contributed by atoms with Gasteiger partial charge in [0.1, 0.15) is 5.01 Å². The SMILES string of the molecule is CCc1cccc(NCc2nc(C)c(C)s2)c1. The first-order chi connectivity index (χ1) is 8.19. The summed E-state index contributed by atoms with van der Waals surface area (Å²) in [5.74, 6) is 0. The maximum Gasteiger partial charge on any atom is 0.112 e. The van der Waals surface area contributed by atoms with Crippen LogP contribution in [0.1, 0.15) is 28.1 Å². The lowest BCUT2D eigenvalue weighted by molar-refractivity contribution is 1.07. The molecule has 1 heterocycles. The van der Waals surface area contributed by atoms with E-state index in [9.17, 15) is 0 Å². The van der Waals surface area contributed by atoms with E-state index in [2.05, 4.69) is 55.3 Å². The van der Waals surface area contributed by atoms with Crippen molar-refractivity contribution >= 4 is 17.0 Å². The van der Waals surface area contributed by atoms with Gasteiger partial charge in [-0.05, 0) is 38.0 Å². The van der Waals surface area contributed by atoms with E-state index in [4.69, 9.17) is 0 Å². The number of aromatic nitrogens is 1. The third kappa shape index (κ3) is 3.07. The van der Waals surface area contributed by atoms with Crippen molar-refractivity contribution in [3.05, 3.63) is 45.4 Å². The highest BCUT2D eigenvalue weighted by Gasteiger charge is 2.03. The number of nitrogens with one attached hydrogen (secondary N) is 1. The van der Waals surface area contributed by atoms with E-state index >= 15 is 0 Å². The molecule has 90 valence electrons. The van der Waals surface area contributed by atoms with Gasteiger partial charge in [0.2, 0.25) is 0 Å². The minimum absolute atomic E-state index is 0.812. The van der Waals surface area contributed by atoms with Crippen molar-refractivity contribution < 1.29 is 0 Å². The molecule has 0 amide bonds. The Morgan fingerprint density at radius 3 is 2.76 bits per heavy atom. The molecule has 2 aromatic rings. The van der Waals surface area contributed by atoms with Crippen LogP contribution in [0.5, 0.6) is 0 Å². The Hall–Kier alpha value is -1.35. The van der Waals surface area contributed by atoms with Crippen LogP contribution in [-0.4, -0.2) is 4.98 Å². The van der Waals surface area contributed by atoms with Crippen LogP contribution in [-0.2, 0) is 13.0 Å². The van der Waals surface area contributed by atoms with Gasteiger partial charge in [-0.15, -0.1) is 11.3 Å². The molecule has 0 aliphatic rings. The largest absolute Gasteiger partial charge is 0.379 e. The highest BCUT2D eigenvalue weighted by molar-refractivity contribution is 7.11. The second-order valence-corrected chi connectivity index (χ2v) is 5.44. The van der Waals surface area contributed by atoms with Gasteiger partial charge in [0.25, 0.3) is 0 Å². The molecule has 0 aliphatic heterocycles. The van der Waals surface area contributed by atoms with E-state index in [1.807, 2.05) is 0 Å². The number of rotatable bonds is 4. The summed E-state index contributed by atoms with van der Waals surface area (Å²) in [5.41, 5.74) is 3.69. The number of benzene rings is 1. The van der Waals surface area contributed by atoms with Crippen molar-refractivity contribution in [1.29, 1.82) is 0 Å². The summed E-state index contributed by atoms with van der Waals surface area (Å²) in [5, 5.41) is 4.58. The highest BCUT2D eigenvalue weighted by atomic mass is 32.1. The molecule has 0 bridgehead atoms. The average Bonchev–Trinajstić information content (AvgIpc) is 2.67. The fourth-order valence-electron chi connectivity index (χ4n) is 1.69. The van der Waals surface area contributed by atoms with Gasteiger partial charge in [-0.3, -0.25) is 0 Å². The monoisotopic (exact) mass is 246 g/mol. The first kappa shape index (κ1) is 12.1. The first-order valence-corrected chi connectivity index (χ1v) is 6.76. The zero-order valence-electron chi connectivity index (χ0n) is 10.6. The Bertz CT molecular complexity index is 483. The number of nitrogens with zero attached hydrogens (tertiary/aromatic N) is 1. The molecule has 0 unspecified atom stereocenters. The third-order valence-corrected chi connectivity index (χ3v) is 3.92. The van der Waals surface area contributed by atoms with Crippen molar-refractivity contribution in [3.8, 4) is 0 Å². The minimum atomic E-state index is 0.812. The summed E-state index contributed by atoms with van der Waals surface area (Å²) in [6.07, 6.45) is 1.07. The van der Waals surface area contributed by atoms with Gasteiger partial charge >= 0.3 is 0 Å². The molecular formula is C14H18N2S. The Balaban J connectivity index is 2.01. The second kappa shape index (κ2) is 5.32. The number of hydrogen-bond acceptors (Lipinski definition) is 3. The fourth-order valence-corrected chi connectivity index (χ4v) is 2.57. The number of anilines is 1. The van der Waals surface area contributed by atoms with Crippen molar-refractivity contribution in [3.63, 3.8) is 0 Å². The summed E-state index contributed by atoms with van der Waals surface area (Å²) in [4.78, 5) is 5.83. The van der Waals surface area contributed by atoms with Crippen LogP contribution < -0.4 is 5.32 Å². The molecule has 0 aliphatic carbocycles. The standard InChI is InChI=1S/C14H18N2S/c1-4-12-6-5-7-13(8-12)15-9-14-16-10(2)11(3)17-14/h5-8,15H,4,9H2,1-3H3. The fraction of sp³-hybridized carbons (Fsp3) is 0.357. The molecule has 2 nitrogen and oxygen atoms in total. The Kier molecular flexibility index (Phi) is 3.79. The normalized spacial score (nSPS) is 10.5. The van der Waals surface area contributed by atoms with Crippen LogP contribution in [0.15, 0.2) is 24.3 Å². The lowest BCUT2D eigenvalue weighted by Crippen LogP contribution is -1.99. The molecule has 17 heavy (non-hydrogen) atoms. The predicted octanol–water partition coefficient (Wildman–Crippen LogP) is 3.93. The first-order valence-electron chi connectivity index (χ1n) is 5.94.